The summed E-state index contributed by atoms with van der Waals surface area (Å²) in [5.41, 5.74) is 0.619. The number of aryl methyl sites for hydroxylation is 1. The van der Waals surface area contributed by atoms with Crippen LogP contribution in [0.15, 0.2) is 32.6 Å². The average molecular weight is 358 g/mol. The lowest BCUT2D eigenvalue weighted by Gasteiger charge is -2.20. The van der Waals surface area contributed by atoms with Gasteiger partial charge in [-0.15, -0.1) is 0 Å². The molecule has 1 amide bonds. The van der Waals surface area contributed by atoms with Crippen LogP contribution in [0.1, 0.15) is 35.5 Å². The fraction of sp³-hybridized carbons (Fsp3) is 0.278. The Labute approximate surface area is 148 Å². The number of rotatable bonds is 2. The van der Waals surface area contributed by atoms with Crippen LogP contribution >= 0.6 is 0 Å². The molecule has 8 heteroatoms. The maximum Gasteiger partial charge on any atom is 0.260 e. The Morgan fingerprint density at radius 1 is 1.31 bits per heavy atom. The number of anilines is 1. The number of amides is 1. The molecule has 1 N–H and O–H groups in total. The smallest absolute Gasteiger partial charge is 0.260 e. The van der Waals surface area contributed by atoms with Crippen molar-refractivity contribution in [3.63, 3.8) is 0 Å². The fourth-order valence-corrected chi connectivity index (χ4v) is 3.16. The molecule has 0 spiro atoms. The van der Waals surface area contributed by atoms with Crippen LogP contribution in [0.3, 0.4) is 0 Å². The monoisotopic (exact) mass is 358 g/mol. The normalized spacial score (nSPS) is 17.0. The number of amidine groups is 1. The van der Waals surface area contributed by atoms with Crippen molar-refractivity contribution >= 4 is 29.7 Å². The lowest BCUT2D eigenvalue weighted by molar-refractivity contribution is 0.102. The molecular formula is C18H16F2N4O2. The molecule has 0 radical (unpaired) electrons. The van der Waals surface area contributed by atoms with E-state index in [0.717, 1.165) is 12.1 Å². The van der Waals surface area contributed by atoms with Gasteiger partial charge < -0.3 is 14.6 Å². The Kier molecular flexibility index (Phi) is 3.47. The van der Waals surface area contributed by atoms with E-state index in [2.05, 4.69) is 15.3 Å². The Hall–Kier alpha value is -3.03. The molecule has 0 saturated heterocycles. The highest BCUT2D eigenvalue weighted by Crippen LogP contribution is 2.37. The van der Waals surface area contributed by atoms with Crippen LogP contribution in [-0.2, 0) is 0 Å². The van der Waals surface area contributed by atoms with Crippen LogP contribution in [0.5, 0.6) is 0 Å². The van der Waals surface area contributed by atoms with Crippen molar-refractivity contribution in [2.75, 3.05) is 11.9 Å². The summed E-state index contributed by atoms with van der Waals surface area (Å²) >= 11 is 0. The quantitative estimate of drug-likeness (QED) is 0.891. The number of carbonyl (C=O) groups excluding carboxylic acids is 1. The first-order valence-corrected chi connectivity index (χ1v) is 8.06. The Bertz CT molecular complexity index is 991. The molecule has 1 aromatic heterocycles. The number of aliphatic imine (C=N–C) groups is 2. The van der Waals surface area contributed by atoms with Gasteiger partial charge in [-0.3, -0.25) is 9.79 Å². The van der Waals surface area contributed by atoms with Gasteiger partial charge in [0.1, 0.15) is 17.9 Å². The number of hydrogen-bond acceptors (Lipinski definition) is 5. The highest BCUT2D eigenvalue weighted by Gasteiger charge is 2.39. The third kappa shape index (κ3) is 2.58. The lowest BCUT2D eigenvalue weighted by atomic mass is 10.1. The van der Waals surface area contributed by atoms with E-state index in [1.807, 2.05) is 18.7 Å². The number of carbonyl (C=O) groups is 1. The van der Waals surface area contributed by atoms with Crippen LogP contribution in [0.25, 0.3) is 0 Å². The molecule has 0 bridgehead atoms. The van der Waals surface area contributed by atoms with Gasteiger partial charge in [-0.2, -0.15) is 0 Å². The van der Waals surface area contributed by atoms with Gasteiger partial charge in [0, 0.05) is 11.8 Å². The third-order valence-electron chi connectivity index (χ3n) is 4.25. The number of halogens is 2. The van der Waals surface area contributed by atoms with Gasteiger partial charge in [-0.05, 0) is 32.9 Å². The third-order valence-corrected chi connectivity index (χ3v) is 4.25. The average Bonchev–Trinajstić information content (AvgIpc) is 3.05. The zero-order valence-electron chi connectivity index (χ0n) is 14.4. The number of fused-ring (bicyclic) bond motifs is 3. The number of benzene rings is 1. The summed E-state index contributed by atoms with van der Waals surface area (Å²) in [6.45, 7) is 6.26. The SMILES string of the molecule is Cc1oc2c(c1C(=O)Nc1ccc(F)c(F)c1)C1=NC(C)(C)CN1C=N2. The molecule has 4 rings (SSSR count). The second-order valence-corrected chi connectivity index (χ2v) is 6.92. The minimum Gasteiger partial charge on any atom is -0.442 e. The molecule has 3 heterocycles. The van der Waals surface area contributed by atoms with Crippen LogP contribution < -0.4 is 5.32 Å². The Balaban J connectivity index is 1.74. The molecular weight excluding hydrogens is 342 g/mol. The second kappa shape index (κ2) is 5.48. The predicted molar refractivity (Wildman–Crippen MR) is 93.2 cm³/mol. The molecule has 0 unspecified atom stereocenters. The maximum atomic E-state index is 13.4. The first-order chi connectivity index (χ1) is 12.2. The van der Waals surface area contributed by atoms with Crippen molar-refractivity contribution in [1.82, 2.24) is 4.90 Å². The Morgan fingerprint density at radius 2 is 2.08 bits per heavy atom. The molecule has 0 fully saturated rings. The molecule has 0 atom stereocenters. The molecule has 2 aliphatic rings. The van der Waals surface area contributed by atoms with Crippen molar-refractivity contribution in [3.8, 4) is 0 Å². The van der Waals surface area contributed by atoms with E-state index in [1.54, 1.807) is 13.3 Å². The van der Waals surface area contributed by atoms with Crippen molar-refractivity contribution in [3.05, 3.63) is 46.7 Å². The molecule has 2 aliphatic heterocycles. The van der Waals surface area contributed by atoms with Gasteiger partial charge in [0.2, 0.25) is 5.88 Å². The molecule has 26 heavy (non-hydrogen) atoms. The van der Waals surface area contributed by atoms with Gasteiger partial charge in [-0.1, -0.05) is 0 Å². The summed E-state index contributed by atoms with van der Waals surface area (Å²) in [5, 5.41) is 2.57. The Morgan fingerprint density at radius 3 is 2.81 bits per heavy atom. The van der Waals surface area contributed by atoms with E-state index in [0.29, 0.717) is 29.6 Å². The molecule has 0 aliphatic carbocycles. The number of hydrogen-bond donors (Lipinski definition) is 1. The van der Waals surface area contributed by atoms with Crippen LogP contribution in [0.2, 0.25) is 0 Å². The van der Waals surface area contributed by atoms with E-state index in [9.17, 15) is 13.6 Å². The summed E-state index contributed by atoms with van der Waals surface area (Å²) < 4.78 is 32.1. The lowest BCUT2D eigenvalue weighted by Crippen LogP contribution is -2.33. The zero-order valence-corrected chi connectivity index (χ0v) is 14.4. The van der Waals surface area contributed by atoms with E-state index in [-0.39, 0.29) is 16.8 Å². The topological polar surface area (TPSA) is 70.2 Å². The van der Waals surface area contributed by atoms with Crippen molar-refractivity contribution in [1.29, 1.82) is 0 Å². The predicted octanol–water partition coefficient (Wildman–Crippen LogP) is 3.63. The van der Waals surface area contributed by atoms with Gasteiger partial charge in [-0.25, -0.2) is 13.8 Å². The molecule has 134 valence electrons. The summed E-state index contributed by atoms with van der Waals surface area (Å²) in [6.07, 6.45) is 1.63. The minimum absolute atomic E-state index is 0.146. The summed E-state index contributed by atoms with van der Waals surface area (Å²) in [7, 11) is 0. The fourth-order valence-electron chi connectivity index (χ4n) is 3.16. The summed E-state index contributed by atoms with van der Waals surface area (Å²) in [5.74, 6) is -1.21. The number of nitrogens with one attached hydrogen (secondary N) is 1. The van der Waals surface area contributed by atoms with Gasteiger partial charge in [0.25, 0.3) is 5.91 Å². The van der Waals surface area contributed by atoms with E-state index in [4.69, 9.17) is 4.42 Å². The molecule has 6 nitrogen and oxygen atoms in total. The highest BCUT2D eigenvalue weighted by molar-refractivity contribution is 6.19. The van der Waals surface area contributed by atoms with Gasteiger partial charge in [0.15, 0.2) is 11.6 Å². The minimum atomic E-state index is -1.04. The first kappa shape index (κ1) is 16.4. The number of furan rings is 1. The molecule has 1 aromatic carbocycles. The van der Waals surface area contributed by atoms with Crippen LogP contribution in [0, 0.1) is 18.6 Å². The van der Waals surface area contributed by atoms with Crippen molar-refractivity contribution in [2.45, 2.75) is 26.3 Å². The molecule has 0 saturated carbocycles. The first-order valence-electron chi connectivity index (χ1n) is 8.06. The summed E-state index contributed by atoms with van der Waals surface area (Å²) in [6, 6.07) is 3.17. The number of nitrogens with zero attached hydrogens (tertiary/aromatic N) is 3. The van der Waals surface area contributed by atoms with E-state index in [1.165, 1.54) is 6.07 Å². The van der Waals surface area contributed by atoms with Crippen LogP contribution in [0.4, 0.5) is 20.4 Å². The van der Waals surface area contributed by atoms with E-state index >= 15 is 0 Å². The van der Waals surface area contributed by atoms with Crippen LogP contribution in [-0.4, -0.2) is 35.1 Å². The largest absolute Gasteiger partial charge is 0.442 e. The second-order valence-electron chi connectivity index (χ2n) is 6.92. The molecule has 2 aromatic rings. The standard InChI is InChI=1S/C18H16F2N4O2/c1-9-13(16(25)22-10-4-5-11(19)12(20)6-10)14-15-23-18(2,3)7-24(15)8-21-17(14)26-9/h4-6,8H,7H2,1-3H3,(H,22,25). The maximum absolute atomic E-state index is 13.4. The van der Waals surface area contributed by atoms with Gasteiger partial charge >= 0.3 is 0 Å². The van der Waals surface area contributed by atoms with Crippen molar-refractivity contribution < 1.29 is 18.0 Å². The summed E-state index contributed by atoms with van der Waals surface area (Å²) in [4.78, 5) is 23.6. The van der Waals surface area contributed by atoms with E-state index < -0.39 is 17.5 Å². The van der Waals surface area contributed by atoms with Gasteiger partial charge in [0.05, 0.1) is 23.2 Å². The van der Waals surface area contributed by atoms with Crippen molar-refractivity contribution in [2.24, 2.45) is 9.98 Å². The zero-order chi connectivity index (χ0) is 18.6. The highest BCUT2D eigenvalue weighted by atomic mass is 19.2.